The summed E-state index contributed by atoms with van der Waals surface area (Å²) in [6.45, 7) is 7.06. The number of hydrogen-bond donors (Lipinski definition) is 2. The standard InChI is InChI=1S/C18H30F3N5OS.HI/c1-3-22-17(23-8-5-16-25-15(13-28-16)18(19,20)21)24-14-6-10-26(11-7-14)9-4-12-27-2;/h13-14H,3-12H2,1-2H3,(H2,22,23,24);1H. The molecule has 1 saturated heterocycles. The second-order valence-electron chi connectivity index (χ2n) is 6.74. The molecule has 0 unspecified atom stereocenters. The molecule has 0 amide bonds. The highest BCUT2D eigenvalue weighted by Crippen LogP contribution is 2.30. The Bertz CT molecular complexity index is 607. The molecule has 2 rings (SSSR count). The number of rotatable bonds is 9. The van der Waals surface area contributed by atoms with E-state index in [0.717, 1.165) is 68.8 Å². The summed E-state index contributed by atoms with van der Waals surface area (Å²) in [5.74, 6) is 0.716. The molecule has 1 aliphatic rings. The van der Waals surface area contributed by atoms with Crippen LogP contribution in [0.2, 0.25) is 0 Å². The van der Waals surface area contributed by atoms with Crippen molar-refractivity contribution < 1.29 is 17.9 Å². The number of aliphatic imine (C=N–C) groups is 1. The third-order valence-corrected chi connectivity index (χ3v) is 5.44. The molecule has 0 bridgehead atoms. The van der Waals surface area contributed by atoms with E-state index in [1.54, 1.807) is 7.11 Å². The maximum absolute atomic E-state index is 12.6. The summed E-state index contributed by atoms with van der Waals surface area (Å²) in [7, 11) is 1.72. The number of guanidine groups is 1. The van der Waals surface area contributed by atoms with Gasteiger partial charge in [-0.25, -0.2) is 4.98 Å². The number of piperidine rings is 1. The monoisotopic (exact) mass is 549 g/mol. The van der Waals surface area contributed by atoms with Crippen molar-refractivity contribution in [2.75, 3.05) is 46.4 Å². The molecule has 29 heavy (non-hydrogen) atoms. The summed E-state index contributed by atoms with van der Waals surface area (Å²) in [5, 5.41) is 8.17. The Hall–Kier alpha value is -0.660. The van der Waals surface area contributed by atoms with Gasteiger partial charge >= 0.3 is 6.18 Å². The first-order valence-electron chi connectivity index (χ1n) is 9.70. The molecule has 2 heterocycles. The highest BCUT2D eigenvalue weighted by molar-refractivity contribution is 14.0. The molecule has 168 valence electrons. The van der Waals surface area contributed by atoms with Crippen molar-refractivity contribution in [2.45, 2.75) is 44.8 Å². The molecule has 11 heteroatoms. The second kappa shape index (κ2) is 13.6. The zero-order chi connectivity index (χ0) is 20.4. The van der Waals surface area contributed by atoms with Gasteiger partial charge in [-0.3, -0.25) is 4.99 Å². The largest absolute Gasteiger partial charge is 0.434 e. The van der Waals surface area contributed by atoms with Gasteiger partial charge in [0.2, 0.25) is 0 Å². The number of ether oxygens (including phenoxy) is 1. The van der Waals surface area contributed by atoms with E-state index < -0.39 is 11.9 Å². The summed E-state index contributed by atoms with van der Waals surface area (Å²) in [6, 6.07) is 0.355. The van der Waals surface area contributed by atoms with Crippen molar-refractivity contribution in [1.29, 1.82) is 0 Å². The van der Waals surface area contributed by atoms with E-state index >= 15 is 0 Å². The van der Waals surface area contributed by atoms with Gasteiger partial charge in [0, 0.05) is 64.3 Å². The van der Waals surface area contributed by atoms with Crippen LogP contribution in [0.25, 0.3) is 0 Å². The van der Waals surface area contributed by atoms with Crippen LogP contribution >= 0.6 is 35.3 Å². The minimum atomic E-state index is -4.38. The van der Waals surface area contributed by atoms with Crippen LogP contribution < -0.4 is 10.6 Å². The molecular formula is C18H31F3IN5OS. The van der Waals surface area contributed by atoms with Gasteiger partial charge in [-0.15, -0.1) is 35.3 Å². The highest BCUT2D eigenvalue weighted by atomic mass is 127. The molecule has 1 aromatic rings. The lowest BCUT2D eigenvalue weighted by Gasteiger charge is -2.33. The van der Waals surface area contributed by atoms with Crippen molar-refractivity contribution in [3.05, 3.63) is 16.1 Å². The normalized spacial score (nSPS) is 16.5. The summed E-state index contributed by atoms with van der Waals surface area (Å²) in [4.78, 5) is 10.6. The van der Waals surface area contributed by atoms with Crippen molar-refractivity contribution >= 4 is 41.3 Å². The van der Waals surface area contributed by atoms with E-state index in [-0.39, 0.29) is 24.0 Å². The SMILES string of the molecule is CCNC(=NCCc1nc(C(F)(F)F)cs1)NC1CCN(CCCOC)CC1.I. The fourth-order valence-corrected chi connectivity index (χ4v) is 3.86. The number of hydrogen-bond acceptors (Lipinski definition) is 5. The zero-order valence-electron chi connectivity index (χ0n) is 16.9. The fourth-order valence-electron chi connectivity index (χ4n) is 3.07. The quantitative estimate of drug-likeness (QED) is 0.214. The third-order valence-electron chi connectivity index (χ3n) is 4.53. The average Bonchev–Trinajstić information content (AvgIpc) is 3.13. The van der Waals surface area contributed by atoms with Gasteiger partial charge in [-0.05, 0) is 26.2 Å². The maximum atomic E-state index is 12.6. The second-order valence-corrected chi connectivity index (χ2v) is 7.68. The first-order chi connectivity index (χ1) is 13.4. The first-order valence-corrected chi connectivity index (χ1v) is 10.6. The zero-order valence-corrected chi connectivity index (χ0v) is 20.1. The minimum absolute atomic E-state index is 0. The molecule has 0 aromatic carbocycles. The Morgan fingerprint density at radius 2 is 2.10 bits per heavy atom. The molecule has 0 aliphatic carbocycles. The maximum Gasteiger partial charge on any atom is 0.434 e. The smallest absolute Gasteiger partial charge is 0.385 e. The lowest BCUT2D eigenvalue weighted by Crippen LogP contribution is -2.49. The van der Waals surface area contributed by atoms with Gasteiger partial charge < -0.3 is 20.3 Å². The molecule has 6 nitrogen and oxygen atoms in total. The average molecular weight is 549 g/mol. The molecule has 0 spiro atoms. The minimum Gasteiger partial charge on any atom is -0.385 e. The van der Waals surface area contributed by atoms with Crippen LogP contribution in [0.4, 0.5) is 13.2 Å². The Balaban J connectivity index is 0.00000420. The lowest BCUT2D eigenvalue weighted by atomic mass is 10.1. The van der Waals surface area contributed by atoms with E-state index in [0.29, 0.717) is 30.0 Å². The van der Waals surface area contributed by atoms with Crippen LogP contribution in [0.1, 0.15) is 36.9 Å². The molecule has 0 radical (unpaired) electrons. The van der Waals surface area contributed by atoms with E-state index in [1.165, 1.54) is 0 Å². The number of likely N-dealkylation sites (tertiary alicyclic amines) is 1. The summed E-state index contributed by atoms with van der Waals surface area (Å²) in [6.07, 6.45) is -0.856. The number of halogens is 4. The highest BCUT2D eigenvalue weighted by Gasteiger charge is 2.33. The number of nitrogens with zero attached hydrogens (tertiary/aromatic N) is 3. The Labute approximate surface area is 191 Å². The first kappa shape index (κ1) is 26.4. The van der Waals surface area contributed by atoms with Gasteiger partial charge in [0.1, 0.15) is 0 Å². The van der Waals surface area contributed by atoms with E-state index in [2.05, 4.69) is 25.5 Å². The number of aromatic nitrogens is 1. The van der Waals surface area contributed by atoms with Crippen LogP contribution in [0.5, 0.6) is 0 Å². The molecular weight excluding hydrogens is 518 g/mol. The molecule has 0 atom stereocenters. The summed E-state index contributed by atoms with van der Waals surface area (Å²) in [5.41, 5.74) is -0.821. The van der Waals surface area contributed by atoms with Gasteiger partial charge in [0.25, 0.3) is 0 Å². The summed E-state index contributed by atoms with van der Waals surface area (Å²) < 4.78 is 42.9. The van der Waals surface area contributed by atoms with Gasteiger partial charge in [0.05, 0.1) is 5.01 Å². The van der Waals surface area contributed by atoms with Crippen molar-refractivity contribution in [2.24, 2.45) is 4.99 Å². The third kappa shape index (κ3) is 9.79. The van der Waals surface area contributed by atoms with Gasteiger partial charge in [0.15, 0.2) is 11.7 Å². The molecule has 2 N–H and O–H groups in total. The number of nitrogens with one attached hydrogen (secondary N) is 2. The van der Waals surface area contributed by atoms with Crippen LogP contribution in [0.15, 0.2) is 10.4 Å². The van der Waals surface area contributed by atoms with Crippen LogP contribution in [-0.4, -0.2) is 68.3 Å². The molecule has 0 saturated carbocycles. The number of alkyl halides is 3. The Morgan fingerprint density at radius 1 is 1.38 bits per heavy atom. The Morgan fingerprint density at radius 3 is 2.69 bits per heavy atom. The van der Waals surface area contributed by atoms with E-state index in [4.69, 9.17) is 4.74 Å². The van der Waals surface area contributed by atoms with E-state index in [9.17, 15) is 13.2 Å². The fraction of sp³-hybridized carbons (Fsp3) is 0.778. The summed E-state index contributed by atoms with van der Waals surface area (Å²) >= 11 is 1.03. The topological polar surface area (TPSA) is 61.8 Å². The predicted octanol–water partition coefficient (Wildman–Crippen LogP) is 3.38. The molecule has 1 aliphatic heterocycles. The van der Waals surface area contributed by atoms with Crippen LogP contribution in [0, 0.1) is 0 Å². The number of thiazole rings is 1. The van der Waals surface area contributed by atoms with Gasteiger partial charge in [-0.1, -0.05) is 0 Å². The van der Waals surface area contributed by atoms with Crippen molar-refractivity contribution in [1.82, 2.24) is 20.5 Å². The molecule has 1 aromatic heterocycles. The van der Waals surface area contributed by atoms with Crippen LogP contribution in [0.3, 0.4) is 0 Å². The Kier molecular flexibility index (Phi) is 12.4. The lowest BCUT2D eigenvalue weighted by molar-refractivity contribution is -0.140. The predicted molar refractivity (Wildman–Crippen MR) is 121 cm³/mol. The van der Waals surface area contributed by atoms with Crippen molar-refractivity contribution in [3.8, 4) is 0 Å². The van der Waals surface area contributed by atoms with Gasteiger partial charge in [-0.2, -0.15) is 13.2 Å². The van der Waals surface area contributed by atoms with Crippen LogP contribution in [-0.2, 0) is 17.3 Å². The molecule has 1 fully saturated rings. The number of methoxy groups -OCH3 is 1. The van der Waals surface area contributed by atoms with Crippen molar-refractivity contribution in [3.63, 3.8) is 0 Å². The van der Waals surface area contributed by atoms with E-state index in [1.807, 2.05) is 6.92 Å².